The van der Waals surface area contributed by atoms with Gasteiger partial charge in [0.25, 0.3) is 0 Å². The van der Waals surface area contributed by atoms with E-state index in [0.29, 0.717) is 43.7 Å². The number of nitrogens with zero attached hydrogens (tertiary/aromatic N) is 6. The number of aromatic nitrogens is 4. The maximum atomic E-state index is 12.0. The quantitative estimate of drug-likeness (QED) is 0.499. The van der Waals surface area contributed by atoms with Crippen LogP contribution in [0, 0.1) is 13.8 Å². The molecule has 0 radical (unpaired) electrons. The molecule has 2 aliphatic rings. The Morgan fingerprint density at radius 1 is 0.786 bits per heavy atom. The molecule has 0 unspecified atom stereocenters. The molecule has 4 rings (SSSR count). The number of nitrogen functional groups attached to an aromatic ring is 2. The van der Waals surface area contributed by atoms with E-state index in [1.165, 1.54) is 0 Å². The van der Waals surface area contributed by atoms with Crippen molar-refractivity contribution in [3.05, 3.63) is 40.7 Å². The molecule has 230 valence electrons. The van der Waals surface area contributed by atoms with E-state index in [9.17, 15) is 9.59 Å². The van der Waals surface area contributed by atoms with E-state index >= 15 is 0 Å². The monoisotopic (exact) mass is 582 g/mol. The first kappa shape index (κ1) is 32.6. The molecular formula is C30H46N8O4. The fraction of sp³-hybridized carbons (Fsp3) is 0.600. The smallest absolute Gasteiger partial charge is 0.410 e. The lowest BCUT2D eigenvalue weighted by Crippen LogP contribution is -2.41. The lowest BCUT2D eigenvalue weighted by atomic mass is 9.91. The molecule has 0 atom stereocenters. The molecule has 0 aliphatic carbocycles. The minimum absolute atomic E-state index is 0.235. The summed E-state index contributed by atoms with van der Waals surface area (Å²) in [5, 5.41) is 16.2. The maximum Gasteiger partial charge on any atom is 0.410 e. The van der Waals surface area contributed by atoms with Crippen molar-refractivity contribution in [2.45, 2.75) is 91.8 Å². The lowest BCUT2D eigenvalue weighted by molar-refractivity contribution is 0.0202. The van der Waals surface area contributed by atoms with Crippen LogP contribution in [0.25, 0.3) is 5.57 Å². The van der Waals surface area contributed by atoms with Gasteiger partial charge in [0.15, 0.2) is 0 Å². The summed E-state index contributed by atoms with van der Waals surface area (Å²) in [7, 11) is 0. The standard InChI is InChI=1S/C15H24N4O2.C15H22N4O2/c2*1-10-9-12(16)17-18-13(10)11-5-7-19(8-6-11)14(20)21-15(2,3)4/h9,11H,5-8H2,1-4H3,(H2,16,17);5,9H,6-8H2,1-4H3,(H2,16,17). The number of likely N-dealkylation sites (tertiary alicyclic amines) is 1. The molecule has 4 heterocycles. The Hall–Kier alpha value is -3.96. The van der Waals surface area contributed by atoms with Crippen LogP contribution in [0.1, 0.15) is 89.2 Å². The Morgan fingerprint density at radius 3 is 1.79 bits per heavy atom. The second kappa shape index (κ2) is 13.3. The Morgan fingerprint density at radius 2 is 1.31 bits per heavy atom. The number of hydrogen-bond donors (Lipinski definition) is 2. The highest BCUT2D eigenvalue weighted by molar-refractivity contribution is 5.72. The Balaban J connectivity index is 0.000000230. The van der Waals surface area contributed by atoms with Crippen LogP contribution >= 0.6 is 0 Å². The van der Waals surface area contributed by atoms with Crippen LogP contribution in [0.2, 0.25) is 0 Å². The summed E-state index contributed by atoms with van der Waals surface area (Å²) in [5.41, 5.74) is 15.3. The lowest BCUT2D eigenvalue weighted by Gasteiger charge is -2.33. The third-order valence-electron chi connectivity index (χ3n) is 6.74. The van der Waals surface area contributed by atoms with Gasteiger partial charge in [-0.15, -0.1) is 15.3 Å². The van der Waals surface area contributed by atoms with Gasteiger partial charge in [-0.3, -0.25) is 0 Å². The Bertz CT molecular complexity index is 1290. The third-order valence-corrected chi connectivity index (χ3v) is 6.74. The van der Waals surface area contributed by atoms with Gasteiger partial charge in [-0.25, -0.2) is 9.59 Å². The predicted octanol–water partition coefficient (Wildman–Crippen LogP) is 4.87. The summed E-state index contributed by atoms with van der Waals surface area (Å²) in [6.45, 7) is 17.7. The first-order valence-corrected chi connectivity index (χ1v) is 14.4. The van der Waals surface area contributed by atoms with Gasteiger partial charge in [0.2, 0.25) is 0 Å². The average molecular weight is 583 g/mol. The molecule has 12 nitrogen and oxygen atoms in total. The zero-order chi connectivity index (χ0) is 31.2. The second-order valence-corrected chi connectivity index (χ2v) is 12.8. The van der Waals surface area contributed by atoms with Crippen molar-refractivity contribution < 1.29 is 19.1 Å². The van der Waals surface area contributed by atoms with Crippen molar-refractivity contribution in [3.8, 4) is 0 Å². The number of ether oxygens (including phenoxy) is 2. The first-order valence-electron chi connectivity index (χ1n) is 14.4. The van der Waals surface area contributed by atoms with Crippen LogP contribution in [-0.2, 0) is 9.47 Å². The molecule has 0 aromatic carbocycles. The van der Waals surface area contributed by atoms with E-state index in [-0.39, 0.29) is 12.2 Å². The second-order valence-electron chi connectivity index (χ2n) is 12.8. The fourth-order valence-corrected chi connectivity index (χ4v) is 4.78. The fourth-order valence-electron chi connectivity index (χ4n) is 4.78. The molecule has 1 fully saturated rings. The molecule has 0 bridgehead atoms. The molecule has 0 saturated carbocycles. The molecule has 2 aromatic heterocycles. The van der Waals surface area contributed by atoms with Gasteiger partial charge in [0, 0.05) is 32.1 Å². The first-order chi connectivity index (χ1) is 19.5. The number of nitrogens with two attached hydrogens (primary N) is 2. The zero-order valence-corrected chi connectivity index (χ0v) is 26.2. The van der Waals surface area contributed by atoms with Gasteiger partial charge in [-0.2, -0.15) is 5.10 Å². The van der Waals surface area contributed by atoms with Crippen molar-refractivity contribution >= 4 is 29.4 Å². The van der Waals surface area contributed by atoms with Crippen LogP contribution in [0.5, 0.6) is 0 Å². The predicted molar refractivity (Wildman–Crippen MR) is 163 cm³/mol. The van der Waals surface area contributed by atoms with E-state index in [1.807, 2.05) is 73.6 Å². The molecule has 12 heteroatoms. The van der Waals surface area contributed by atoms with Crippen molar-refractivity contribution in [1.82, 2.24) is 30.2 Å². The minimum Gasteiger partial charge on any atom is -0.444 e. The number of carbonyl (C=O) groups is 2. The summed E-state index contributed by atoms with van der Waals surface area (Å²) in [6, 6.07) is 3.66. The van der Waals surface area contributed by atoms with Gasteiger partial charge in [0.05, 0.1) is 11.4 Å². The van der Waals surface area contributed by atoms with E-state index < -0.39 is 11.2 Å². The van der Waals surface area contributed by atoms with Gasteiger partial charge >= 0.3 is 12.2 Å². The van der Waals surface area contributed by atoms with E-state index in [4.69, 9.17) is 20.9 Å². The molecule has 0 spiro atoms. The van der Waals surface area contributed by atoms with E-state index in [2.05, 4.69) is 20.4 Å². The van der Waals surface area contributed by atoms with E-state index in [0.717, 1.165) is 47.4 Å². The van der Waals surface area contributed by atoms with Crippen LogP contribution < -0.4 is 11.5 Å². The van der Waals surface area contributed by atoms with Crippen LogP contribution in [0.4, 0.5) is 21.2 Å². The summed E-state index contributed by atoms with van der Waals surface area (Å²) in [4.78, 5) is 27.5. The minimum atomic E-state index is -0.472. The van der Waals surface area contributed by atoms with Gasteiger partial charge in [-0.05, 0) is 103 Å². The van der Waals surface area contributed by atoms with Crippen molar-refractivity contribution in [2.75, 3.05) is 37.6 Å². The number of piperidine rings is 1. The number of anilines is 2. The molecule has 42 heavy (non-hydrogen) atoms. The van der Waals surface area contributed by atoms with Gasteiger partial charge in [0.1, 0.15) is 22.8 Å². The van der Waals surface area contributed by atoms with Crippen molar-refractivity contribution in [3.63, 3.8) is 0 Å². The summed E-state index contributed by atoms with van der Waals surface area (Å²) < 4.78 is 10.8. The third kappa shape index (κ3) is 9.56. The highest BCUT2D eigenvalue weighted by atomic mass is 16.6. The van der Waals surface area contributed by atoms with Crippen LogP contribution in [0.3, 0.4) is 0 Å². The van der Waals surface area contributed by atoms with Crippen LogP contribution in [-0.4, -0.2) is 79.8 Å². The number of carbonyl (C=O) groups excluding carboxylic acids is 2. The van der Waals surface area contributed by atoms with Crippen molar-refractivity contribution in [2.24, 2.45) is 0 Å². The van der Waals surface area contributed by atoms with Crippen molar-refractivity contribution in [1.29, 1.82) is 0 Å². The SMILES string of the molecule is Cc1cc(N)nnc1C1=CCN(C(=O)OC(C)(C)C)CC1.Cc1cc(N)nnc1C1CCN(C(=O)OC(C)(C)C)CC1. The zero-order valence-electron chi connectivity index (χ0n) is 26.2. The van der Waals surface area contributed by atoms with E-state index in [1.54, 1.807) is 9.80 Å². The number of aryl methyl sites for hydroxylation is 2. The normalized spacial score (nSPS) is 16.2. The number of amides is 2. The Kier molecular flexibility index (Phi) is 10.3. The highest BCUT2D eigenvalue weighted by Gasteiger charge is 2.29. The molecule has 2 aromatic rings. The number of rotatable bonds is 2. The average Bonchev–Trinajstić information content (AvgIpc) is 2.87. The molecule has 1 saturated heterocycles. The summed E-state index contributed by atoms with van der Waals surface area (Å²) in [6.07, 6.45) is 3.97. The topological polar surface area (TPSA) is 163 Å². The van der Waals surface area contributed by atoms with Crippen LogP contribution in [0.15, 0.2) is 18.2 Å². The van der Waals surface area contributed by atoms with Gasteiger partial charge in [-0.1, -0.05) is 6.08 Å². The molecular weight excluding hydrogens is 536 g/mol. The highest BCUT2D eigenvalue weighted by Crippen LogP contribution is 2.29. The maximum absolute atomic E-state index is 12.0. The molecule has 2 amide bonds. The largest absolute Gasteiger partial charge is 0.444 e. The number of hydrogen-bond acceptors (Lipinski definition) is 10. The molecule has 4 N–H and O–H groups in total. The molecule has 2 aliphatic heterocycles. The van der Waals surface area contributed by atoms with Gasteiger partial charge < -0.3 is 30.7 Å². The summed E-state index contributed by atoms with van der Waals surface area (Å²) >= 11 is 0. The summed E-state index contributed by atoms with van der Waals surface area (Å²) in [5.74, 6) is 1.20. The Labute approximate surface area is 248 Å².